The van der Waals surface area contributed by atoms with Crippen LogP contribution < -0.4 is 14.8 Å². The predicted octanol–water partition coefficient (Wildman–Crippen LogP) is 3.08. The van der Waals surface area contributed by atoms with Crippen molar-refractivity contribution in [1.29, 1.82) is 0 Å². The summed E-state index contributed by atoms with van der Waals surface area (Å²) in [6, 6.07) is 11.3. The summed E-state index contributed by atoms with van der Waals surface area (Å²) in [5.74, 6) is -0.513. The largest absolute Gasteiger partial charge is 0.493 e. The second-order valence-electron chi connectivity index (χ2n) is 5.90. The zero-order valence-corrected chi connectivity index (χ0v) is 17.0. The van der Waals surface area contributed by atoms with Crippen LogP contribution in [0.15, 0.2) is 48.5 Å². The Morgan fingerprint density at radius 3 is 2.27 bits per heavy atom. The van der Waals surface area contributed by atoms with Gasteiger partial charge in [0.2, 0.25) is 0 Å². The molecule has 2 aromatic carbocycles. The standard InChI is InChI=1S/C22H23NO7/c1-4-29-22(26)16-7-9-17(10-8-16)23-20(24)14-30-21(25)12-6-15-5-11-18(27-2)19(13-15)28-3/h5-13H,4,14H2,1-3H3,(H,23,24). The molecule has 0 saturated carbocycles. The number of carbonyl (C=O) groups excluding carboxylic acids is 3. The van der Waals surface area contributed by atoms with E-state index >= 15 is 0 Å². The van der Waals surface area contributed by atoms with Gasteiger partial charge >= 0.3 is 11.9 Å². The molecule has 0 saturated heterocycles. The zero-order valence-electron chi connectivity index (χ0n) is 17.0. The number of anilines is 1. The molecule has 158 valence electrons. The highest BCUT2D eigenvalue weighted by molar-refractivity contribution is 5.95. The van der Waals surface area contributed by atoms with Gasteiger partial charge in [-0.3, -0.25) is 4.79 Å². The Morgan fingerprint density at radius 1 is 0.933 bits per heavy atom. The van der Waals surface area contributed by atoms with Gasteiger partial charge in [-0.15, -0.1) is 0 Å². The van der Waals surface area contributed by atoms with Crippen molar-refractivity contribution in [3.63, 3.8) is 0 Å². The Hall–Kier alpha value is -3.81. The van der Waals surface area contributed by atoms with Crippen LogP contribution in [0.4, 0.5) is 5.69 Å². The molecule has 2 aromatic rings. The SMILES string of the molecule is CCOC(=O)c1ccc(NC(=O)COC(=O)C=Cc2ccc(OC)c(OC)c2)cc1. The number of carbonyl (C=O) groups is 3. The molecule has 0 unspecified atom stereocenters. The third-order valence-electron chi connectivity index (χ3n) is 3.84. The molecule has 1 amide bonds. The maximum Gasteiger partial charge on any atom is 0.338 e. The normalized spacial score (nSPS) is 10.4. The number of methoxy groups -OCH3 is 2. The second kappa shape index (κ2) is 11.3. The van der Waals surface area contributed by atoms with Gasteiger partial charge < -0.3 is 24.3 Å². The maximum absolute atomic E-state index is 11.9. The van der Waals surface area contributed by atoms with Crippen molar-refractivity contribution < 1.29 is 33.3 Å². The lowest BCUT2D eigenvalue weighted by Gasteiger charge is -2.08. The first kappa shape index (κ1) is 22.5. The number of rotatable bonds is 9. The van der Waals surface area contributed by atoms with Crippen molar-refractivity contribution in [2.45, 2.75) is 6.92 Å². The molecular formula is C22H23NO7. The summed E-state index contributed by atoms with van der Waals surface area (Å²) >= 11 is 0. The lowest BCUT2D eigenvalue weighted by atomic mass is 10.2. The highest BCUT2D eigenvalue weighted by Gasteiger charge is 2.09. The van der Waals surface area contributed by atoms with E-state index in [1.807, 2.05) is 0 Å². The van der Waals surface area contributed by atoms with Gasteiger partial charge in [-0.1, -0.05) is 6.07 Å². The molecule has 0 atom stereocenters. The predicted molar refractivity (Wildman–Crippen MR) is 111 cm³/mol. The number of benzene rings is 2. The summed E-state index contributed by atoms with van der Waals surface area (Å²) in [6.07, 6.45) is 2.75. The molecule has 30 heavy (non-hydrogen) atoms. The Bertz CT molecular complexity index is 920. The minimum absolute atomic E-state index is 0.281. The van der Waals surface area contributed by atoms with Crippen LogP contribution in [-0.4, -0.2) is 45.3 Å². The molecule has 1 N–H and O–H groups in total. The summed E-state index contributed by atoms with van der Waals surface area (Å²) in [4.78, 5) is 35.4. The van der Waals surface area contributed by atoms with Gasteiger partial charge in [-0.05, 0) is 55.0 Å². The third-order valence-corrected chi connectivity index (χ3v) is 3.84. The topological polar surface area (TPSA) is 100 Å². The zero-order chi connectivity index (χ0) is 21.9. The Labute approximate surface area is 174 Å². The van der Waals surface area contributed by atoms with Crippen LogP contribution in [0.2, 0.25) is 0 Å². The highest BCUT2D eigenvalue weighted by atomic mass is 16.5. The van der Waals surface area contributed by atoms with Gasteiger partial charge in [0.05, 0.1) is 26.4 Å². The summed E-state index contributed by atoms with van der Waals surface area (Å²) < 4.78 is 20.2. The minimum atomic E-state index is -0.669. The monoisotopic (exact) mass is 413 g/mol. The van der Waals surface area contributed by atoms with Crippen LogP contribution in [0.1, 0.15) is 22.8 Å². The van der Waals surface area contributed by atoms with E-state index in [9.17, 15) is 14.4 Å². The van der Waals surface area contributed by atoms with Crippen LogP contribution in [-0.2, 0) is 19.1 Å². The number of nitrogens with one attached hydrogen (secondary N) is 1. The summed E-state index contributed by atoms with van der Waals surface area (Å²) in [7, 11) is 3.05. The lowest BCUT2D eigenvalue weighted by molar-refractivity contribution is -0.142. The van der Waals surface area contributed by atoms with E-state index in [0.29, 0.717) is 28.3 Å². The van der Waals surface area contributed by atoms with Crippen LogP contribution in [0.3, 0.4) is 0 Å². The molecule has 0 aliphatic carbocycles. The van der Waals surface area contributed by atoms with E-state index in [0.717, 1.165) is 0 Å². The van der Waals surface area contributed by atoms with Gasteiger partial charge in [-0.25, -0.2) is 9.59 Å². The number of hydrogen-bond acceptors (Lipinski definition) is 7. The van der Waals surface area contributed by atoms with Crippen molar-refractivity contribution in [3.8, 4) is 11.5 Å². The fourth-order valence-electron chi connectivity index (χ4n) is 2.41. The number of esters is 2. The van der Waals surface area contributed by atoms with E-state index in [1.54, 1.807) is 37.3 Å². The van der Waals surface area contributed by atoms with Gasteiger partial charge in [0.15, 0.2) is 18.1 Å². The number of amides is 1. The first-order valence-corrected chi connectivity index (χ1v) is 9.10. The molecule has 0 bridgehead atoms. The van der Waals surface area contributed by atoms with Crippen molar-refractivity contribution in [1.82, 2.24) is 0 Å². The first-order chi connectivity index (χ1) is 14.5. The van der Waals surface area contributed by atoms with Gasteiger partial charge in [0.25, 0.3) is 5.91 Å². The van der Waals surface area contributed by atoms with E-state index in [-0.39, 0.29) is 6.61 Å². The second-order valence-corrected chi connectivity index (χ2v) is 5.90. The molecule has 0 spiro atoms. The van der Waals surface area contributed by atoms with E-state index in [2.05, 4.69) is 5.32 Å². The molecular weight excluding hydrogens is 390 g/mol. The Morgan fingerprint density at radius 2 is 1.63 bits per heavy atom. The van der Waals surface area contributed by atoms with Gasteiger partial charge in [0.1, 0.15) is 0 Å². The Balaban J connectivity index is 1.83. The fraction of sp³-hybridized carbons (Fsp3) is 0.227. The molecule has 0 aliphatic heterocycles. The van der Waals surface area contributed by atoms with E-state index in [1.165, 1.54) is 38.5 Å². The quantitative estimate of drug-likeness (QED) is 0.498. The van der Waals surface area contributed by atoms with E-state index in [4.69, 9.17) is 18.9 Å². The summed E-state index contributed by atoms with van der Waals surface area (Å²) in [5.41, 5.74) is 1.54. The van der Waals surface area contributed by atoms with Crippen LogP contribution in [0.25, 0.3) is 6.08 Å². The van der Waals surface area contributed by atoms with Crippen molar-refractivity contribution >= 4 is 29.6 Å². The third kappa shape index (κ3) is 6.66. The molecule has 8 heteroatoms. The first-order valence-electron chi connectivity index (χ1n) is 9.10. The smallest absolute Gasteiger partial charge is 0.338 e. The van der Waals surface area contributed by atoms with Crippen LogP contribution >= 0.6 is 0 Å². The van der Waals surface area contributed by atoms with Crippen LogP contribution in [0.5, 0.6) is 11.5 Å². The Kier molecular flexibility index (Phi) is 8.43. The lowest BCUT2D eigenvalue weighted by Crippen LogP contribution is -2.20. The van der Waals surface area contributed by atoms with Crippen molar-refractivity contribution in [2.24, 2.45) is 0 Å². The van der Waals surface area contributed by atoms with E-state index < -0.39 is 24.5 Å². The maximum atomic E-state index is 11.9. The summed E-state index contributed by atoms with van der Waals surface area (Å²) in [6.45, 7) is 1.55. The number of hydrogen-bond donors (Lipinski definition) is 1. The van der Waals surface area contributed by atoms with Gasteiger partial charge in [0, 0.05) is 11.8 Å². The molecule has 2 rings (SSSR count). The number of ether oxygens (including phenoxy) is 4. The van der Waals surface area contributed by atoms with Crippen LogP contribution in [0, 0.1) is 0 Å². The summed E-state index contributed by atoms with van der Waals surface area (Å²) in [5, 5.41) is 2.57. The molecule has 0 heterocycles. The van der Waals surface area contributed by atoms with Crippen molar-refractivity contribution in [3.05, 3.63) is 59.7 Å². The molecule has 0 radical (unpaired) electrons. The van der Waals surface area contributed by atoms with Crippen molar-refractivity contribution in [2.75, 3.05) is 32.8 Å². The average Bonchev–Trinajstić information content (AvgIpc) is 2.76. The van der Waals surface area contributed by atoms with Gasteiger partial charge in [-0.2, -0.15) is 0 Å². The molecule has 0 fully saturated rings. The molecule has 0 aromatic heterocycles. The minimum Gasteiger partial charge on any atom is -0.493 e. The fourth-order valence-corrected chi connectivity index (χ4v) is 2.41. The molecule has 8 nitrogen and oxygen atoms in total. The average molecular weight is 413 g/mol. The highest BCUT2D eigenvalue weighted by Crippen LogP contribution is 2.27. The molecule has 0 aliphatic rings.